The summed E-state index contributed by atoms with van der Waals surface area (Å²) in [4.78, 5) is 0. The Labute approximate surface area is 164 Å². The van der Waals surface area contributed by atoms with E-state index >= 15 is 0 Å². The van der Waals surface area contributed by atoms with Gasteiger partial charge in [-0.3, -0.25) is 0 Å². The molecule has 0 amide bonds. The second-order valence-corrected chi connectivity index (χ2v) is 7.90. The van der Waals surface area contributed by atoms with Crippen molar-refractivity contribution in [3.63, 3.8) is 0 Å². The third kappa shape index (κ3) is 6.89. The van der Waals surface area contributed by atoms with E-state index in [0.29, 0.717) is 10.1 Å². The maximum Gasteiger partial charge on any atom is 0.170 e. The predicted molar refractivity (Wildman–Crippen MR) is 111 cm³/mol. The first kappa shape index (κ1) is 18.9. The highest BCUT2D eigenvalue weighted by Crippen LogP contribution is 2.25. The fourth-order valence-corrected chi connectivity index (χ4v) is 3.47. The predicted octanol–water partition coefficient (Wildman–Crippen LogP) is 5.98. The number of benzene rings is 2. The fourth-order valence-electron chi connectivity index (χ4n) is 1.80. The molecule has 0 spiro atoms. The van der Waals surface area contributed by atoms with Gasteiger partial charge < -0.3 is 10.6 Å². The highest BCUT2D eigenvalue weighted by atomic mass is 79.9. The molecule has 7 heteroatoms. The van der Waals surface area contributed by atoms with Crippen molar-refractivity contribution in [2.45, 2.75) is 5.75 Å². The van der Waals surface area contributed by atoms with Crippen LogP contribution in [-0.4, -0.2) is 17.4 Å². The topological polar surface area (TPSA) is 24.1 Å². The third-order valence-corrected chi connectivity index (χ3v) is 5.61. The van der Waals surface area contributed by atoms with Crippen LogP contribution in [0.4, 0.5) is 5.69 Å². The second kappa shape index (κ2) is 9.74. The minimum atomic E-state index is 0.590. The standard InChI is InChI=1S/C16H15BrCl2N2S2/c17-14-5-4-13(9-15(14)19)21-16(22)20-6-7-23-10-11-2-1-3-12(18)8-11/h1-5,8-9H,6-7,10H2,(H2,20,21,22). The van der Waals surface area contributed by atoms with Crippen molar-refractivity contribution in [3.05, 3.63) is 62.5 Å². The van der Waals surface area contributed by atoms with Crippen molar-refractivity contribution in [1.29, 1.82) is 0 Å². The molecule has 2 nitrogen and oxygen atoms in total. The fraction of sp³-hybridized carbons (Fsp3) is 0.188. The Morgan fingerprint density at radius 1 is 1.17 bits per heavy atom. The van der Waals surface area contributed by atoms with Crippen molar-refractivity contribution >= 4 is 73.9 Å². The Balaban J connectivity index is 1.65. The Bertz CT molecular complexity index is 683. The van der Waals surface area contributed by atoms with Gasteiger partial charge in [-0.15, -0.1) is 0 Å². The highest BCUT2D eigenvalue weighted by molar-refractivity contribution is 9.10. The van der Waals surface area contributed by atoms with Crippen LogP contribution in [0.25, 0.3) is 0 Å². The van der Waals surface area contributed by atoms with Gasteiger partial charge in [0, 0.05) is 33.2 Å². The first-order chi connectivity index (χ1) is 11.0. The number of anilines is 1. The van der Waals surface area contributed by atoms with Crippen LogP contribution in [0.1, 0.15) is 5.56 Å². The molecule has 2 aromatic rings. The van der Waals surface area contributed by atoms with E-state index in [1.807, 2.05) is 48.2 Å². The maximum atomic E-state index is 6.05. The number of hydrogen-bond acceptors (Lipinski definition) is 2. The van der Waals surface area contributed by atoms with Gasteiger partial charge in [-0.2, -0.15) is 11.8 Å². The smallest absolute Gasteiger partial charge is 0.170 e. The first-order valence-corrected chi connectivity index (χ1v) is 9.98. The van der Waals surface area contributed by atoms with Gasteiger partial charge in [-0.05, 0) is 64.0 Å². The van der Waals surface area contributed by atoms with E-state index in [1.54, 1.807) is 0 Å². The first-order valence-electron chi connectivity index (χ1n) is 6.86. The summed E-state index contributed by atoms with van der Waals surface area (Å²) in [5.74, 6) is 1.89. The number of thiocarbonyl (C=S) groups is 1. The molecule has 0 aromatic heterocycles. The molecular formula is C16H15BrCl2N2S2. The molecule has 0 atom stereocenters. The Morgan fingerprint density at radius 2 is 2.00 bits per heavy atom. The van der Waals surface area contributed by atoms with Gasteiger partial charge in [0.1, 0.15) is 0 Å². The number of nitrogens with one attached hydrogen (secondary N) is 2. The van der Waals surface area contributed by atoms with Crippen molar-refractivity contribution in [1.82, 2.24) is 5.32 Å². The number of rotatable bonds is 6. The SMILES string of the molecule is S=C(NCCSCc1cccc(Cl)c1)Nc1ccc(Br)c(Cl)c1. The van der Waals surface area contributed by atoms with Crippen molar-refractivity contribution in [3.8, 4) is 0 Å². The zero-order valence-electron chi connectivity index (χ0n) is 12.1. The van der Waals surface area contributed by atoms with Gasteiger partial charge in [0.25, 0.3) is 0 Å². The number of hydrogen-bond donors (Lipinski definition) is 2. The van der Waals surface area contributed by atoms with Crippen LogP contribution in [0.5, 0.6) is 0 Å². The zero-order valence-corrected chi connectivity index (χ0v) is 16.8. The molecule has 0 aliphatic rings. The van der Waals surface area contributed by atoms with Crippen molar-refractivity contribution in [2.75, 3.05) is 17.6 Å². The van der Waals surface area contributed by atoms with Gasteiger partial charge in [-0.25, -0.2) is 0 Å². The van der Waals surface area contributed by atoms with Crippen molar-refractivity contribution in [2.24, 2.45) is 0 Å². The lowest BCUT2D eigenvalue weighted by atomic mass is 10.2. The monoisotopic (exact) mass is 448 g/mol. The summed E-state index contributed by atoms with van der Waals surface area (Å²) < 4.78 is 0.862. The third-order valence-electron chi connectivity index (χ3n) is 2.87. The molecule has 0 saturated carbocycles. The summed E-state index contributed by atoms with van der Waals surface area (Å²) in [6.07, 6.45) is 0. The lowest BCUT2D eigenvalue weighted by Crippen LogP contribution is -2.30. The van der Waals surface area contributed by atoms with Crippen LogP contribution in [0, 0.1) is 0 Å². The zero-order chi connectivity index (χ0) is 16.7. The second-order valence-electron chi connectivity index (χ2n) is 4.69. The molecule has 0 saturated heterocycles. The average Bonchev–Trinajstić information content (AvgIpc) is 2.51. The van der Waals surface area contributed by atoms with E-state index < -0.39 is 0 Å². The molecular weight excluding hydrogens is 435 g/mol. The van der Waals surface area contributed by atoms with Gasteiger partial charge in [-0.1, -0.05) is 35.3 Å². The summed E-state index contributed by atoms with van der Waals surface area (Å²) in [7, 11) is 0. The normalized spacial score (nSPS) is 10.4. The molecule has 0 heterocycles. The molecule has 0 aliphatic carbocycles. The number of thioether (sulfide) groups is 1. The van der Waals surface area contributed by atoms with Crippen LogP contribution in [0.15, 0.2) is 46.9 Å². The quantitative estimate of drug-likeness (QED) is 0.418. The number of halogens is 3. The van der Waals surface area contributed by atoms with Gasteiger partial charge in [0.2, 0.25) is 0 Å². The van der Waals surface area contributed by atoms with E-state index in [9.17, 15) is 0 Å². The molecule has 2 aromatic carbocycles. The average molecular weight is 450 g/mol. The molecule has 0 unspecified atom stereocenters. The molecule has 0 radical (unpaired) electrons. The summed E-state index contributed by atoms with van der Waals surface area (Å²) in [5, 5.41) is 8.31. The minimum Gasteiger partial charge on any atom is -0.362 e. The molecule has 122 valence electrons. The van der Waals surface area contributed by atoms with Gasteiger partial charge in [0.05, 0.1) is 5.02 Å². The largest absolute Gasteiger partial charge is 0.362 e. The summed E-state index contributed by atoms with van der Waals surface area (Å²) in [5.41, 5.74) is 2.09. The van der Waals surface area contributed by atoms with Gasteiger partial charge >= 0.3 is 0 Å². The highest BCUT2D eigenvalue weighted by Gasteiger charge is 2.01. The summed E-state index contributed by atoms with van der Waals surface area (Å²) in [6.45, 7) is 0.793. The Kier molecular flexibility index (Phi) is 7.99. The summed E-state index contributed by atoms with van der Waals surface area (Å²) >= 11 is 22.5. The Morgan fingerprint density at radius 3 is 2.74 bits per heavy atom. The molecule has 2 N–H and O–H groups in total. The van der Waals surface area contributed by atoms with Crippen molar-refractivity contribution < 1.29 is 0 Å². The van der Waals surface area contributed by atoms with E-state index in [0.717, 1.165) is 33.2 Å². The van der Waals surface area contributed by atoms with Crippen LogP contribution in [-0.2, 0) is 5.75 Å². The van der Waals surface area contributed by atoms with Crippen LogP contribution < -0.4 is 10.6 Å². The van der Waals surface area contributed by atoms with Gasteiger partial charge in [0.15, 0.2) is 5.11 Å². The molecule has 2 rings (SSSR count). The van der Waals surface area contributed by atoms with E-state index in [2.05, 4.69) is 32.6 Å². The van der Waals surface area contributed by atoms with E-state index in [-0.39, 0.29) is 0 Å². The lowest BCUT2D eigenvalue weighted by molar-refractivity contribution is 0.990. The maximum absolute atomic E-state index is 6.05. The minimum absolute atomic E-state index is 0.590. The summed E-state index contributed by atoms with van der Waals surface area (Å²) in [6, 6.07) is 13.6. The van der Waals surface area contributed by atoms with Crippen LogP contribution in [0.2, 0.25) is 10.0 Å². The van der Waals surface area contributed by atoms with E-state index in [1.165, 1.54) is 5.56 Å². The van der Waals surface area contributed by atoms with Crippen LogP contribution >= 0.6 is 63.1 Å². The molecule has 0 bridgehead atoms. The molecule has 0 aliphatic heterocycles. The molecule has 0 fully saturated rings. The molecule has 23 heavy (non-hydrogen) atoms. The van der Waals surface area contributed by atoms with E-state index in [4.69, 9.17) is 35.4 Å². The Hall–Kier alpha value is -0.460. The van der Waals surface area contributed by atoms with Crippen LogP contribution in [0.3, 0.4) is 0 Å². The lowest BCUT2D eigenvalue weighted by Gasteiger charge is -2.11.